The Labute approximate surface area is 143 Å². The largest absolute Gasteiger partial charge is 0.382 e. The molecule has 2 aromatic rings. The molecule has 4 aliphatic carbocycles. The number of aromatic nitrogens is 3. The molecule has 126 valence electrons. The number of rotatable bonds is 4. The summed E-state index contributed by atoms with van der Waals surface area (Å²) in [5, 5.41) is 8.19. The maximum atomic E-state index is 4.46. The minimum atomic E-state index is 0.852. The van der Waals surface area contributed by atoms with E-state index < -0.39 is 0 Å². The van der Waals surface area contributed by atoms with E-state index in [0.717, 1.165) is 47.5 Å². The molecule has 0 amide bonds. The molecule has 0 aromatic carbocycles. The van der Waals surface area contributed by atoms with Crippen LogP contribution in [-0.4, -0.2) is 21.3 Å². The minimum Gasteiger partial charge on any atom is -0.382 e. The van der Waals surface area contributed by atoms with E-state index in [1.54, 1.807) is 0 Å². The quantitative estimate of drug-likeness (QED) is 0.923. The van der Waals surface area contributed by atoms with Gasteiger partial charge in [-0.25, -0.2) is 4.68 Å². The molecule has 0 radical (unpaired) electrons. The van der Waals surface area contributed by atoms with Gasteiger partial charge < -0.3 is 5.32 Å². The van der Waals surface area contributed by atoms with Crippen molar-refractivity contribution in [2.75, 3.05) is 11.9 Å². The van der Waals surface area contributed by atoms with Crippen molar-refractivity contribution in [1.29, 1.82) is 0 Å². The highest BCUT2D eigenvalue weighted by Crippen LogP contribution is 2.56. The third kappa shape index (κ3) is 2.43. The lowest BCUT2D eigenvalue weighted by molar-refractivity contribution is -0.0305. The average molecular weight is 322 g/mol. The van der Waals surface area contributed by atoms with Crippen LogP contribution in [0.15, 0.2) is 30.9 Å². The minimum absolute atomic E-state index is 0.852. The van der Waals surface area contributed by atoms with E-state index in [1.807, 2.05) is 29.3 Å². The fraction of sp³-hybridized carbons (Fsp3) is 0.600. The van der Waals surface area contributed by atoms with Gasteiger partial charge in [-0.3, -0.25) is 4.98 Å². The monoisotopic (exact) mass is 322 g/mol. The van der Waals surface area contributed by atoms with Gasteiger partial charge in [0, 0.05) is 18.9 Å². The first-order chi connectivity index (χ1) is 11.8. The Balaban J connectivity index is 1.34. The number of nitrogens with one attached hydrogen (secondary N) is 1. The normalized spacial score (nSPS) is 33.8. The molecular weight excluding hydrogens is 296 g/mol. The number of anilines is 1. The van der Waals surface area contributed by atoms with Crippen LogP contribution < -0.4 is 5.32 Å². The SMILES string of the molecule is Cc1cnn(-c2ccncc2NCC2C3CC4CC(C3)CC2C4)c1. The average Bonchev–Trinajstić information content (AvgIpc) is 3.00. The van der Waals surface area contributed by atoms with E-state index in [0.29, 0.717) is 0 Å². The lowest BCUT2D eigenvalue weighted by atomic mass is 9.52. The van der Waals surface area contributed by atoms with Gasteiger partial charge in [0.05, 0.1) is 23.8 Å². The van der Waals surface area contributed by atoms with Crippen LogP contribution in [0.25, 0.3) is 5.69 Å². The lowest BCUT2D eigenvalue weighted by Gasteiger charge is -2.54. The van der Waals surface area contributed by atoms with E-state index in [1.165, 1.54) is 37.7 Å². The van der Waals surface area contributed by atoms with Crippen LogP contribution in [0.5, 0.6) is 0 Å². The van der Waals surface area contributed by atoms with Crippen LogP contribution in [0.4, 0.5) is 5.69 Å². The molecule has 4 aliphatic rings. The maximum absolute atomic E-state index is 4.46. The second-order valence-electron chi connectivity index (χ2n) is 8.33. The predicted octanol–water partition coefficient (Wildman–Crippen LogP) is 4.06. The Bertz CT molecular complexity index is 707. The van der Waals surface area contributed by atoms with E-state index in [-0.39, 0.29) is 0 Å². The summed E-state index contributed by atoms with van der Waals surface area (Å²) in [4.78, 5) is 4.33. The van der Waals surface area contributed by atoms with Crippen molar-refractivity contribution in [2.45, 2.75) is 39.0 Å². The van der Waals surface area contributed by atoms with Gasteiger partial charge in [0.15, 0.2) is 0 Å². The summed E-state index contributed by atoms with van der Waals surface area (Å²) in [6, 6.07) is 2.05. The Morgan fingerprint density at radius 2 is 1.83 bits per heavy atom. The van der Waals surface area contributed by atoms with Gasteiger partial charge in [0.2, 0.25) is 0 Å². The Morgan fingerprint density at radius 3 is 2.50 bits per heavy atom. The topological polar surface area (TPSA) is 42.7 Å². The third-order valence-electron chi connectivity index (χ3n) is 6.71. The molecule has 0 spiro atoms. The van der Waals surface area contributed by atoms with Gasteiger partial charge in [0.1, 0.15) is 0 Å². The van der Waals surface area contributed by atoms with Gasteiger partial charge in [-0.15, -0.1) is 0 Å². The van der Waals surface area contributed by atoms with Gasteiger partial charge >= 0.3 is 0 Å². The molecule has 4 nitrogen and oxygen atoms in total. The van der Waals surface area contributed by atoms with Gasteiger partial charge in [-0.1, -0.05) is 0 Å². The molecule has 4 saturated carbocycles. The van der Waals surface area contributed by atoms with Crippen LogP contribution in [-0.2, 0) is 0 Å². The number of nitrogens with zero attached hydrogens (tertiary/aromatic N) is 3. The molecule has 4 heteroatoms. The Hall–Kier alpha value is -1.84. The Kier molecular flexibility index (Phi) is 3.39. The summed E-state index contributed by atoms with van der Waals surface area (Å²) in [5.74, 6) is 4.86. The number of aryl methyl sites for hydroxylation is 1. The fourth-order valence-electron chi connectivity index (χ4n) is 5.87. The highest BCUT2D eigenvalue weighted by molar-refractivity contribution is 5.59. The molecule has 4 fully saturated rings. The highest BCUT2D eigenvalue weighted by atomic mass is 15.3. The van der Waals surface area contributed by atoms with Crippen molar-refractivity contribution in [2.24, 2.45) is 29.6 Å². The molecule has 6 rings (SSSR count). The second kappa shape index (κ2) is 5.61. The summed E-state index contributed by atoms with van der Waals surface area (Å²) >= 11 is 0. The molecule has 0 saturated heterocycles. The van der Waals surface area contributed by atoms with Gasteiger partial charge in [0.25, 0.3) is 0 Å². The maximum Gasteiger partial charge on any atom is 0.0908 e. The first-order valence-corrected chi connectivity index (χ1v) is 9.46. The second-order valence-corrected chi connectivity index (χ2v) is 8.33. The molecular formula is C20H26N4. The van der Waals surface area contributed by atoms with Crippen LogP contribution in [0.2, 0.25) is 0 Å². The molecule has 24 heavy (non-hydrogen) atoms. The van der Waals surface area contributed by atoms with Crippen molar-refractivity contribution in [1.82, 2.24) is 14.8 Å². The zero-order chi connectivity index (χ0) is 16.1. The van der Waals surface area contributed by atoms with E-state index >= 15 is 0 Å². The molecule has 2 aromatic heterocycles. The van der Waals surface area contributed by atoms with Crippen LogP contribution in [0.3, 0.4) is 0 Å². The molecule has 0 unspecified atom stereocenters. The third-order valence-corrected chi connectivity index (χ3v) is 6.71. The summed E-state index contributed by atoms with van der Waals surface area (Å²) < 4.78 is 1.95. The summed E-state index contributed by atoms with van der Waals surface area (Å²) in [5.41, 5.74) is 3.38. The zero-order valence-electron chi connectivity index (χ0n) is 14.4. The van der Waals surface area contributed by atoms with E-state index in [4.69, 9.17) is 0 Å². The first-order valence-electron chi connectivity index (χ1n) is 9.46. The van der Waals surface area contributed by atoms with Crippen LogP contribution in [0.1, 0.15) is 37.7 Å². The van der Waals surface area contributed by atoms with Crippen molar-refractivity contribution >= 4 is 5.69 Å². The van der Waals surface area contributed by atoms with Gasteiger partial charge in [-0.05, 0) is 80.2 Å². The zero-order valence-corrected chi connectivity index (χ0v) is 14.4. The summed E-state index contributed by atoms with van der Waals surface area (Å²) in [7, 11) is 0. The summed E-state index contributed by atoms with van der Waals surface area (Å²) in [6.45, 7) is 3.17. The van der Waals surface area contributed by atoms with E-state index in [9.17, 15) is 0 Å². The van der Waals surface area contributed by atoms with E-state index in [2.05, 4.69) is 28.5 Å². The standard InChI is InChI=1S/C20H26N4/c1-13-9-23-24(12-13)20-2-3-21-11-19(20)22-10-18-16-5-14-4-15(7-16)8-17(18)6-14/h2-3,9,11-12,14-18,22H,4-8,10H2,1H3. The van der Waals surface area contributed by atoms with Crippen molar-refractivity contribution in [3.05, 3.63) is 36.4 Å². The Morgan fingerprint density at radius 1 is 1.08 bits per heavy atom. The van der Waals surface area contributed by atoms with Crippen molar-refractivity contribution in [3.63, 3.8) is 0 Å². The highest BCUT2D eigenvalue weighted by Gasteiger charge is 2.47. The number of pyridine rings is 1. The molecule has 0 atom stereocenters. The van der Waals surface area contributed by atoms with Crippen molar-refractivity contribution < 1.29 is 0 Å². The number of hydrogen-bond donors (Lipinski definition) is 1. The fourth-order valence-corrected chi connectivity index (χ4v) is 5.87. The molecule has 2 heterocycles. The van der Waals surface area contributed by atoms with Crippen LogP contribution >= 0.6 is 0 Å². The van der Waals surface area contributed by atoms with Crippen LogP contribution in [0, 0.1) is 36.5 Å². The number of hydrogen-bond acceptors (Lipinski definition) is 3. The predicted molar refractivity (Wildman–Crippen MR) is 95.1 cm³/mol. The first kappa shape index (κ1) is 14.5. The summed E-state index contributed by atoms with van der Waals surface area (Å²) in [6.07, 6.45) is 15.2. The molecule has 1 N–H and O–H groups in total. The van der Waals surface area contributed by atoms with Crippen molar-refractivity contribution in [3.8, 4) is 5.69 Å². The molecule has 0 aliphatic heterocycles. The van der Waals surface area contributed by atoms with Gasteiger partial charge in [-0.2, -0.15) is 5.10 Å². The molecule has 4 bridgehead atoms. The lowest BCUT2D eigenvalue weighted by Crippen LogP contribution is -2.47. The smallest absolute Gasteiger partial charge is 0.0908 e.